The van der Waals surface area contributed by atoms with Crippen LogP contribution in [0.3, 0.4) is 0 Å². The Balaban J connectivity index is 1.25. The van der Waals surface area contributed by atoms with Gasteiger partial charge < -0.3 is 52.5 Å². The van der Waals surface area contributed by atoms with Crippen LogP contribution in [0.15, 0.2) is 30.3 Å². The first-order valence-corrected chi connectivity index (χ1v) is 13.5. The Kier molecular flexibility index (Phi) is 15.3. The van der Waals surface area contributed by atoms with E-state index in [0.717, 1.165) is 35.5 Å². The van der Waals surface area contributed by atoms with E-state index in [-0.39, 0.29) is 13.4 Å². The van der Waals surface area contributed by atoms with Gasteiger partial charge in [0.1, 0.15) is 18.1 Å². The molecule has 40 heavy (non-hydrogen) atoms. The fraction of sp³-hybridized carbons (Fsp3) is 0.586. The van der Waals surface area contributed by atoms with Gasteiger partial charge in [0.15, 0.2) is 11.5 Å². The number of hydrogen-bond acceptors (Lipinski definition) is 11. The van der Waals surface area contributed by atoms with Gasteiger partial charge >= 0.3 is 0 Å². The molecule has 1 N–H and O–H groups in total. The van der Waals surface area contributed by atoms with Gasteiger partial charge in [0.25, 0.3) is 0 Å². The molecule has 0 atom stereocenters. The van der Waals surface area contributed by atoms with Crippen molar-refractivity contribution in [2.45, 2.75) is 12.8 Å². The minimum Gasteiger partial charge on any atom is -0.497 e. The number of aliphatic hydroxyl groups is 1. The maximum atomic E-state index is 8.60. The lowest BCUT2D eigenvalue weighted by atomic mass is 10.0. The van der Waals surface area contributed by atoms with Gasteiger partial charge in [-0.2, -0.15) is 0 Å². The molecule has 0 amide bonds. The Hall–Kier alpha value is -2.80. The van der Waals surface area contributed by atoms with Crippen molar-refractivity contribution in [1.29, 1.82) is 0 Å². The zero-order valence-electron chi connectivity index (χ0n) is 23.5. The molecule has 11 heteroatoms. The molecule has 1 aliphatic rings. The second-order valence-corrected chi connectivity index (χ2v) is 8.68. The lowest BCUT2D eigenvalue weighted by Crippen LogP contribution is -2.14. The first-order valence-electron chi connectivity index (χ1n) is 13.5. The van der Waals surface area contributed by atoms with Gasteiger partial charge in [-0.25, -0.2) is 0 Å². The topological polar surface area (TPSA) is 113 Å². The standard InChI is InChI=1S/C29H42O11/c1-31-25-17-23(3-4-24-19-27(32-2)29-28(20-24)39-22-40-29)18-26(21-25)38-16-15-37-14-13-36-12-11-35-10-9-34-8-7-33-6-5-30/h17-21,30H,3-16,22H2,1-2H3. The van der Waals surface area contributed by atoms with E-state index in [9.17, 15) is 0 Å². The molecule has 1 heterocycles. The fourth-order valence-corrected chi connectivity index (χ4v) is 3.86. The summed E-state index contributed by atoms with van der Waals surface area (Å²) >= 11 is 0. The van der Waals surface area contributed by atoms with Gasteiger partial charge in [0.2, 0.25) is 12.5 Å². The summed E-state index contributed by atoms with van der Waals surface area (Å²) in [5.74, 6) is 3.52. The number of benzene rings is 2. The summed E-state index contributed by atoms with van der Waals surface area (Å²) in [5.41, 5.74) is 2.19. The average molecular weight is 567 g/mol. The number of methoxy groups -OCH3 is 2. The Bertz CT molecular complexity index is 969. The third kappa shape index (κ3) is 11.7. The van der Waals surface area contributed by atoms with Crippen LogP contribution in [0.1, 0.15) is 11.1 Å². The maximum absolute atomic E-state index is 8.60. The Morgan fingerprint density at radius 3 is 1.73 bits per heavy atom. The Morgan fingerprint density at radius 1 is 0.600 bits per heavy atom. The largest absolute Gasteiger partial charge is 0.497 e. The van der Waals surface area contributed by atoms with Crippen LogP contribution in [-0.4, -0.2) is 105 Å². The average Bonchev–Trinajstić information content (AvgIpc) is 3.46. The number of ether oxygens (including phenoxy) is 10. The van der Waals surface area contributed by atoms with Crippen molar-refractivity contribution in [2.75, 3.05) is 100 Å². The highest BCUT2D eigenvalue weighted by Crippen LogP contribution is 2.42. The first kappa shape index (κ1) is 31.7. The van der Waals surface area contributed by atoms with Gasteiger partial charge in [0, 0.05) is 6.07 Å². The van der Waals surface area contributed by atoms with Crippen LogP contribution in [0.5, 0.6) is 28.7 Å². The van der Waals surface area contributed by atoms with Gasteiger partial charge in [-0.1, -0.05) is 0 Å². The van der Waals surface area contributed by atoms with Crippen molar-refractivity contribution in [3.63, 3.8) is 0 Å². The number of rotatable bonds is 23. The Morgan fingerprint density at radius 2 is 1.15 bits per heavy atom. The monoisotopic (exact) mass is 566 g/mol. The van der Waals surface area contributed by atoms with E-state index in [1.165, 1.54) is 0 Å². The molecule has 0 spiro atoms. The lowest BCUT2D eigenvalue weighted by Gasteiger charge is -2.12. The fourth-order valence-electron chi connectivity index (χ4n) is 3.86. The minimum atomic E-state index is 0.0225. The van der Waals surface area contributed by atoms with Crippen molar-refractivity contribution < 1.29 is 52.5 Å². The minimum absolute atomic E-state index is 0.0225. The van der Waals surface area contributed by atoms with Crippen molar-refractivity contribution in [3.05, 3.63) is 41.5 Å². The summed E-state index contributed by atoms with van der Waals surface area (Å²) < 4.78 is 54.8. The molecule has 0 aromatic heterocycles. The molecule has 1 aliphatic heterocycles. The molecular formula is C29H42O11. The highest BCUT2D eigenvalue weighted by molar-refractivity contribution is 5.55. The number of hydrogen-bond donors (Lipinski definition) is 1. The molecular weight excluding hydrogens is 524 g/mol. The third-order valence-electron chi connectivity index (χ3n) is 5.82. The molecule has 0 radical (unpaired) electrons. The SMILES string of the molecule is COc1cc(CCc2cc(OC)c3c(c2)OCO3)cc(OCCOCCOCCOCCOCCOCCO)c1. The molecule has 224 valence electrons. The predicted molar refractivity (Wildman–Crippen MR) is 146 cm³/mol. The molecule has 3 rings (SSSR count). The molecule has 0 bridgehead atoms. The second-order valence-electron chi connectivity index (χ2n) is 8.68. The van der Waals surface area contributed by atoms with E-state index in [2.05, 4.69) is 0 Å². The molecule has 0 saturated heterocycles. The third-order valence-corrected chi connectivity index (χ3v) is 5.82. The van der Waals surface area contributed by atoms with Crippen molar-refractivity contribution in [2.24, 2.45) is 0 Å². The van der Waals surface area contributed by atoms with Crippen LogP contribution >= 0.6 is 0 Å². The summed E-state index contributed by atoms with van der Waals surface area (Å²) in [6.45, 7) is 5.31. The smallest absolute Gasteiger partial charge is 0.231 e. The number of fused-ring (bicyclic) bond motifs is 1. The molecule has 0 saturated carbocycles. The summed E-state index contributed by atoms with van der Waals surface area (Å²) in [4.78, 5) is 0. The van der Waals surface area contributed by atoms with Crippen LogP contribution in [0, 0.1) is 0 Å². The molecule has 0 unspecified atom stereocenters. The van der Waals surface area contributed by atoms with Crippen molar-refractivity contribution in [3.8, 4) is 28.7 Å². The van der Waals surface area contributed by atoms with Crippen LogP contribution < -0.4 is 23.7 Å². The van der Waals surface area contributed by atoms with E-state index >= 15 is 0 Å². The first-order chi connectivity index (χ1) is 19.7. The predicted octanol–water partition coefficient (Wildman–Crippen LogP) is 2.67. The molecule has 2 aromatic rings. The summed E-state index contributed by atoms with van der Waals surface area (Å²) in [7, 11) is 3.27. The zero-order chi connectivity index (χ0) is 28.3. The van der Waals surface area contributed by atoms with Crippen molar-refractivity contribution >= 4 is 0 Å². The van der Waals surface area contributed by atoms with Gasteiger partial charge in [0.05, 0.1) is 86.9 Å². The van der Waals surface area contributed by atoms with Crippen molar-refractivity contribution in [1.82, 2.24) is 0 Å². The van der Waals surface area contributed by atoms with Gasteiger partial charge in [-0.05, 0) is 48.2 Å². The molecule has 0 fully saturated rings. The van der Waals surface area contributed by atoms with E-state index in [4.69, 9.17) is 52.5 Å². The van der Waals surface area contributed by atoms with E-state index in [1.54, 1.807) is 14.2 Å². The van der Waals surface area contributed by atoms with Gasteiger partial charge in [-0.15, -0.1) is 0 Å². The van der Waals surface area contributed by atoms with Crippen LogP contribution in [0.25, 0.3) is 0 Å². The zero-order valence-corrected chi connectivity index (χ0v) is 23.5. The highest BCUT2D eigenvalue weighted by atomic mass is 16.7. The maximum Gasteiger partial charge on any atom is 0.231 e. The summed E-state index contributed by atoms with van der Waals surface area (Å²) in [5, 5.41) is 8.60. The van der Waals surface area contributed by atoms with E-state index in [1.807, 2.05) is 30.3 Å². The molecule has 0 aliphatic carbocycles. The van der Waals surface area contributed by atoms with Crippen LogP contribution in [-0.2, 0) is 36.5 Å². The summed E-state index contributed by atoms with van der Waals surface area (Å²) in [6.07, 6.45) is 1.59. The quantitative estimate of drug-likeness (QED) is 0.200. The summed E-state index contributed by atoms with van der Waals surface area (Å²) in [6, 6.07) is 9.87. The lowest BCUT2D eigenvalue weighted by molar-refractivity contribution is -0.0146. The van der Waals surface area contributed by atoms with Crippen LogP contribution in [0.2, 0.25) is 0 Å². The van der Waals surface area contributed by atoms with E-state index < -0.39 is 0 Å². The molecule has 2 aromatic carbocycles. The number of aliphatic hydroxyl groups excluding tert-OH is 1. The van der Waals surface area contributed by atoms with E-state index in [0.29, 0.717) is 89.9 Å². The van der Waals surface area contributed by atoms with Gasteiger partial charge in [-0.3, -0.25) is 0 Å². The number of aryl methyl sites for hydroxylation is 2. The highest BCUT2D eigenvalue weighted by Gasteiger charge is 2.20. The normalized spacial score (nSPS) is 12.1. The Labute approximate surface area is 236 Å². The second kappa shape index (κ2) is 19.3. The van der Waals surface area contributed by atoms with Crippen LogP contribution in [0.4, 0.5) is 0 Å². The molecule has 11 nitrogen and oxygen atoms in total.